The molecule has 7 nitrogen and oxygen atoms in total. The summed E-state index contributed by atoms with van der Waals surface area (Å²) in [5.74, 6) is -1.39. The molecule has 2 aromatic carbocycles. The van der Waals surface area contributed by atoms with Crippen LogP contribution in [0.2, 0.25) is 0 Å². The monoisotopic (exact) mass is 434 g/mol. The SMILES string of the molecule is C=CCOc1ccc(C(O)=C2C(=O)C(=O)N(c3nccs3)C2c2cccc(O)c2)cc1. The smallest absolute Gasteiger partial charge is 0.301 e. The van der Waals surface area contributed by atoms with E-state index in [0.717, 1.165) is 0 Å². The van der Waals surface area contributed by atoms with Gasteiger partial charge in [0.2, 0.25) is 0 Å². The second-order valence-electron chi connectivity index (χ2n) is 6.70. The zero-order valence-corrected chi connectivity index (χ0v) is 17.1. The number of phenolic OH excluding ortho intramolecular Hbond substituents is 1. The number of thiazole rings is 1. The molecule has 1 saturated heterocycles. The van der Waals surface area contributed by atoms with Crippen LogP contribution in [0.4, 0.5) is 5.13 Å². The number of aromatic hydroxyl groups is 1. The first-order valence-corrected chi connectivity index (χ1v) is 10.2. The van der Waals surface area contributed by atoms with Crippen molar-refractivity contribution in [3.8, 4) is 11.5 Å². The van der Waals surface area contributed by atoms with E-state index in [4.69, 9.17) is 4.74 Å². The fraction of sp³-hybridized carbons (Fsp3) is 0.0870. The maximum Gasteiger partial charge on any atom is 0.301 e. The van der Waals surface area contributed by atoms with E-state index in [0.29, 0.717) is 28.6 Å². The minimum absolute atomic E-state index is 0.0223. The Kier molecular flexibility index (Phi) is 5.55. The maximum atomic E-state index is 13.0. The number of aromatic nitrogens is 1. The molecule has 2 N–H and O–H groups in total. The number of hydrogen-bond acceptors (Lipinski definition) is 7. The van der Waals surface area contributed by atoms with Crippen molar-refractivity contribution in [2.24, 2.45) is 0 Å². The van der Waals surface area contributed by atoms with E-state index in [1.165, 1.54) is 34.6 Å². The Morgan fingerprint density at radius 3 is 2.65 bits per heavy atom. The summed E-state index contributed by atoms with van der Waals surface area (Å²) in [5, 5.41) is 23.0. The van der Waals surface area contributed by atoms with Crippen LogP contribution in [-0.4, -0.2) is 33.5 Å². The highest BCUT2D eigenvalue weighted by Crippen LogP contribution is 2.43. The zero-order valence-electron chi connectivity index (χ0n) is 16.3. The van der Waals surface area contributed by atoms with Crippen LogP contribution in [0.3, 0.4) is 0 Å². The van der Waals surface area contributed by atoms with Crippen LogP contribution >= 0.6 is 11.3 Å². The van der Waals surface area contributed by atoms with Gasteiger partial charge in [-0.1, -0.05) is 24.8 Å². The van der Waals surface area contributed by atoms with Crippen LogP contribution in [-0.2, 0) is 9.59 Å². The third kappa shape index (κ3) is 3.80. The fourth-order valence-corrected chi connectivity index (χ4v) is 4.06. The van der Waals surface area contributed by atoms with Crippen LogP contribution in [0, 0.1) is 0 Å². The highest BCUT2D eigenvalue weighted by Gasteiger charge is 2.48. The van der Waals surface area contributed by atoms with E-state index in [-0.39, 0.29) is 17.1 Å². The van der Waals surface area contributed by atoms with Gasteiger partial charge in [0.25, 0.3) is 5.78 Å². The Bertz CT molecular complexity index is 1170. The summed E-state index contributed by atoms with van der Waals surface area (Å²) < 4.78 is 5.44. The third-order valence-corrected chi connectivity index (χ3v) is 5.52. The molecule has 0 aliphatic carbocycles. The molecule has 0 saturated carbocycles. The minimum Gasteiger partial charge on any atom is -0.508 e. The van der Waals surface area contributed by atoms with E-state index >= 15 is 0 Å². The molecule has 2 heterocycles. The Hall–Kier alpha value is -3.91. The molecule has 0 spiro atoms. The average Bonchev–Trinajstić information content (AvgIpc) is 3.39. The number of anilines is 1. The number of carbonyl (C=O) groups excluding carboxylic acids is 2. The molecule has 1 amide bonds. The molecule has 0 bridgehead atoms. The summed E-state index contributed by atoms with van der Waals surface area (Å²) in [6.45, 7) is 3.93. The normalized spacial score (nSPS) is 17.7. The highest BCUT2D eigenvalue weighted by atomic mass is 32.1. The summed E-state index contributed by atoms with van der Waals surface area (Å²) in [4.78, 5) is 31.3. The predicted molar refractivity (Wildman–Crippen MR) is 117 cm³/mol. The van der Waals surface area contributed by atoms with Crippen LogP contribution in [0.1, 0.15) is 17.2 Å². The number of hydrogen-bond donors (Lipinski definition) is 2. The standard InChI is InChI=1S/C23H18N2O5S/c1-2-11-30-17-8-6-14(7-9-17)20(27)18-19(15-4-3-5-16(26)13-15)25(22(29)21(18)28)23-24-10-12-31-23/h2-10,12-13,19,26-27H,1,11H2. The molecule has 8 heteroatoms. The first-order chi connectivity index (χ1) is 15.0. The number of phenols is 1. The van der Waals surface area contributed by atoms with Gasteiger partial charge in [-0.25, -0.2) is 4.98 Å². The van der Waals surface area contributed by atoms with Gasteiger partial charge in [-0.15, -0.1) is 11.3 Å². The van der Waals surface area contributed by atoms with Crippen molar-refractivity contribution in [2.45, 2.75) is 6.04 Å². The molecular weight excluding hydrogens is 416 g/mol. The number of rotatable bonds is 6. The second kappa shape index (κ2) is 8.45. The number of benzene rings is 2. The van der Waals surface area contributed by atoms with Crippen molar-refractivity contribution in [1.29, 1.82) is 0 Å². The second-order valence-corrected chi connectivity index (χ2v) is 7.58. The fourth-order valence-electron chi connectivity index (χ4n) is 3.39. The van der Waals surface area contributed by atoms with E-state index in [2.05, 4.69) is 11.6 Å². The summed E-state index contributed by atoms with van der Waals surface area (Å²) in [6.07, 6.45) is 3.14. The Morgan fingerprint density at radius 2 is 2.00 bits per heavy atom. The van der Waals surface area contributed by atoms with Crippen molar-refractivity contribution in [3.63, 3.8) is 0 Å². The number of ether oxygens (including phenoxy) is 1. The molecule has 156 valence electrons. The maximum absolute atomic E-state index is 13.0. The summed E-state index contributed by atoms with van der Waals surface area (Å²) in [7, 11) is 0. The lowest BCUT2D eigenvalue weighted by Crippen LogP contribution is -2.29. The van der Waals surface area contributed by atoms with Crippen molar-refractivity contribution in [3.05, 3.63) is 89.5 Å². The Morgan fingerprint density at radius 1 is 1.23 bits per heavy atom. The van der Waals surface area contributed by atoms with Gasteiger partial charge in [-0.05, 0) is 42.0 Å². The van der Waals surface area contributed by atoms with Gasteiger partial charge < -0.3 is 14.9 Å². The first kappa shape index (κ1) is 20.4. The van der Waals surface area contributed by atoms with Gasteiger partial charge in [-0.3, -0.25) is 14.5 Å². The summed E-state index contributed by atoms with van der Waals surface area (Å²) in [6, 6.07) is 11.8. The van der Waals surface area contributed by atoms with Crippen LogP contribution in [0.25, 0.3) is 5.76 Å². The molecule has 1 aliphatic rings. The van der Waals surface area contributed by atoms with Crippen molar-refractivity contribution < 1.29 is 24.5 Å². The van der Waals surface area contributed by atoms with E-state index in [1.807, 2.05) is 0 Å². The van der Waals surface area contributed by atoms with Crippen molar-refractivity contribution >= 4 is 33.9 Å². The van der Waals surface area contributed by atoms with E-state index in [1.54, 1.807) is 47.9 Å². The topological polar surface area (TPSA) is 100.0 Å². The van der Waals surface area contributed by atoms with Gasteiger partial charge in [0.15, 0.2) is 5.13 Å². The van der Waals surface area contributed by atoms with Gasteiger partial charge in [0.1, 0.15) is 23.9 Å². The molecule has 1 atom stereocenters. The van der Waals surface area contributed by atoms with Crippen molar-refractivity contribution in [1.82, 2.24) is 4.98 Å². The number of nitrogens with zero attached hydrogens (tertiary/aromatic N) is 2. The lowest BCUT2D eigenvalue weighted by Gasteiger charge is -2.23. The number of aliphatic hydroxyl groups is 1. The summed E-state index contributed by atoms with van der Waals surface area (Å²) >= 11 is 1.20. The number of aliphatic hydroxyl groups excluding tert-OH is 1. The zero-order chi connectivity index (χ0) is 22.0. The highest BCUT2D eigenvalue weighted by molar-refractivity contribution is 7.14. The van der Waals surface area contributed by atoms with Crippen LogP contribution in [0.15, 0.2) is 78.3 Å². The van der Waals surface area contributed by atoms with Gasteiger partial charge in [0, 0.05) is 17.1 Å². The predicted octanol–water partition coefficient (Wildman–Crippen LogP) is 4.04. The van der Waals surface area contributed by atoms with Crippen LogP contribution < -0.4 is 9.64 Å². The molecular formula is C23H18N2O5S. The molecule has 31 heavy (non-hydrogen) atoms. The minimum atomic E-state index is -0.935. The van der Waals surface area contributed by atoms with Gasteiger partial charge in [-0.2, -0.15) is 0 Å². The number of Topliss-reactive ketones (excluding diaryl/α,β-unsaturated/α-hetero) is 1. The Labute approximate surface area is 182 Å². The first-order valence-electron chi connectivity index (χ1n) is 9.35. The number of ketones is 1. The lowest BCUT2D eigenvalue weighted by molar-refractivity contribution is -0.132. The summed E-state index contributed by atoms with van der Waals surface area (Å²) in [5.41, 5.74) is 0.751. The molecule has 0 radical (unpaired) electrons. The third-order valence-electron chi connectivity index (χ3n) is 4.75. The Balaban J connectivity index is 1.84. The van der Waals surface area contributed by atoms with Crippen LogP contribution in [0.5, 0.6) is 11.5 Å². The van der Waals surface area contributed by atoms with Gasteiger partial charge in [0.05, 0.1) is 11.6 Å². The van der Waals surface area contributed by atoms with Crippen molar-refractivity contribution in [2.75, 3.05) is 11.5 Å². The van der Waals surface area contributed by atoms with E-state index < -0.39 is 17.7 Å². The number of carbonyl (C=O) groups is 2. The lowest BCUT2D eigenvalue weighted by atomic mass is 9.95. The molecule has 4 rings (SSSR count). The molecule has 1 aromatic heterocycles. The molecule has 1 unspecified atom stereocenters. The average molecular weight is 434 g/mol. The molecule has 1 fully saturated rings. The molecule has 3 aromatic rings. The van der Waals surface area contributed by atoms with Gasteiger partial charge >= 0.3 is 5.91 Å². The molecule has 1 aliphatic heterocycles. The quantitative estimate of drug-likeness (QED) is 0.263. The van der Waals surface area contributed by atoms with E-state index in [9.17, 15) is 19.8 Å². The largest absolute Gasteiger partial charge is 0.508 e. The number of amides is 1.